The molecule has 17 heavy (non-hydrogen) atoms. The highest BCUT2D eigenvalue weighted by atomic mass is 16.1. The van der Waals surface area contributed by atoms with E-state index in [2.05, 4.69) is 11.0 Å². The Bertz CT molecular complexity index is 561. The van der Waals surface area contributed by atoms with Gasteiger partial charge in [0.15, 0.2) is 0 Å². The number of benzene rings is 2. The average Bonchev–Trinajstić information content (AvgIpc) is 2.26. The van der Waals surface area contributed by atoms with E-state index in [1.165, 1.54) is 5.56 Å². The van der Waals surface area contributed by atoms with Gasteiger partial charge < -0.3 is 10.6 Å². The summed E-state index contributed by atoms with van der Waals surface area (Å²) in [4.78, 5) is 13.4. The second kappa shape index (κ2) is 4.55. The van der Waals surface area contributed by atoms with Gasteiger partial charge in [0.25, 0.3) is 0 Å². The quantitative estimate of drug-likeness (QED) is 0.873. The Morgan fingerprint density at radius 2 is 2.00 bits per heavy atom. The van der Waals surface area contributed by atoms with E-state index in [1.807, 2.05) is 38.4 Å². The summed E-state index contributed by atoms with van der Waals surface area (Å²) in [5.41, 5.74) is 7.16. The summed E-state index contributed by atoms with van der Waals surface area (Å²) < 4.78 is 0. The molecule has 1 amide bonds. The molecule has 0 fully saturated rings. The van der Waals surface area contributed by atoms with Crippen LogP contribution in [0.4, 0.5) is 0 Å². The number of fused-ring (bicyclic) bond motifs is 1. The normalized spacial score (nSPS) is 11.0. The lowest BCUT2D eigenvalue weighted by Crippen LogP contribution is -2.12. The lowest BCUT2D eigenvalue weighted by Gasteiger charge is -2.11. The number of amides is 1. The van der Waals surface area contributed by atoms with Crippen molar-refractivity contribution in [2.45, 2.75) is 6.54 Å². The lowest BCUT2D eigenvalue weighted by atomic mass is 10.0. The molecule has 0 spiro atoms. The van der Waals surface area contributed by atoms with Crippen LogP contribution in [0.1, 0.15) is 15.9 Å². The zero-order valence-electron chi connectivity index (χ0n) is 10.1. The molecular formula is C14H16N2O. The van der Waals surface area contributed by atoms with Gasteiger partial charge in [-0.25, -0.2) is 0 Å². The molecular weight excluding hydrogens is 212 g/mol. The van der Waals surface area contributed by atoms with E-state index in [0.29, 0.717) is 5.56 Å². The van der Waals surface area contributed by atoms with Crippen LogP contribution in [-0.2, 0) is 6.54 Å². The summed E-state index contributed by atoms with van der Waals surface area (Å²) in [7, 11) is 4.06. The van der Waals surface area contributed by atoms with Gasteiger partial charge in [-0.3, -0.25) is 4.79 Å². The topological polar surface area (TPSA) is 46.3 Å². The molecule has 0 saturated heterocycles. The highest BCUT2D eigenvalue weighted by Gasteiger charge is 2.06. The predicted octanol–water partition coefficient (Wildman–Crippen LogP) is 2.00. The summed E-state index contributed by atoms with van der Waals surface area (Å²) in [6, 6.07) is 11.7. The molecule has 0 heterocycles. The Hall–Kier alpha value is -1.87. The summed E-state index contributed by atoms with van der Waals surface area (Å²) in [6.45, 7) is 0.886. The monoisotopic (exact) mass is 228 g/mol. The van der Waals surface area contributed by atoms with Gasteiger partial charge >= 0.3 is 0 Å². The fourth-order valence-corrected chi connectivity index (χ4v) is 2.01. The summed E-state index contributed by atoms with van der Waals surface area (Å²) >= 11 is 0. The van der Waals surface area contributed by atoms with Crippen molar-refractivity contribution < 1.29 is 4.79 Å². The molecule has 2 N–H and O–H groups in total. The van der Waals surface area contributed by atoms with Crippen LogP contribution in [0, 0.1) is 0 Å². The van der Waals surface area contributed by atoms with Crippen LogP contribution in [0.15, 0.2) is 36.4 Å². The fraction of sp³-hybridized carbons (Fsp3) is 0.214. The average molecular weight is 228 g/mol. The number of hydrogen-bond donors (Lipinski definition) is 1. The third-order valence-electron chi connectivity index (χ3n) is 2.71. The van der Waals surface area contributed by atoms with E-state index in [9.17, 15) is 4.79 Å². The van der Waals surface area contributed by atoms with Gasteiger partial charge in [-0.2, -0.15) is 0 Å². The van der Waals surface area contributed by atoms with Crippen molar-refractivity contribution in [3.05, 3.63) is 47.5 Å². The zero-order valence-corrected chi connectivity index (χ0v) is 10.1. The minimum atomic E-state index is -0.379. The molecule has 88 valence electrons. The maximum Gasteiger partial charge on any atom is 0.249 e. The van der Waals surface area contributed by atoms with Crippen LogP contribution in [0.3, 0.4) is 0 Å². The number of hydrogen-bond acceptors (Lipinski definition) is 2. The first-order valence-electron chi connectivity index (χ1n) is 5.54. The van der Waals surface area contributed by atoms with Gasteiger partial charge in [0.2, 0.25) is 5.91 Å². The molecule has 2 rings (SSSR count). The minimum Gasteiger partial charge on any atom is -0.366 e. The smallest absolute Gasteiger partial charge is 0.249 e. The summed E-state index contributed by atoms with van der Waals surface area (Å²) in [5, 5.41) is 1.98. The molecule has 0 unspecified atom stereocenters. The highest BCUT2D eigenvalue weighted by molar-refractivity contribution is 6.06. The molecule has 0 radical (unpaired) electrons. The fourth-order valence-electron chi connectivity index (χ4n) is 2.01. The molecule has 0 aliphatic heterocycles. The van der Waals surface area contributed by atoms with E-state index < -0.39 is 0 Å². The molecule has 2 aromatic carbocycles. The SMILES string of the molecule is CN(C)Cc1ccc2c(C(N)=O)cccc2c1. The van der Waals surface area contributed by atoms with Gasteiger partial charge in [-0.15, -0.1) is 0 Å². The van der Waals surface area contributed by atoms with Crippen molar-refractivity contribution in [3.63, 3.8) is 0 Å². The van der Waals surface area contributed by atoms with Crippen LogP contribution in [0.25, 0.3) is 10.8 Å². The molecule has 0 saturated carbocycles. The van der Waals surface area contributed by atoms with E-state index in [-0.39, 0.29) is 5.91 Å². The Morgan fingerprint density at radius 1 is 1.24 bits per heavy atom. The predicted molar refractivity (Wildman–Crippen MR) is 69.9 cm³/mol. The molecule has 3 nitrogen and oxygen atoms in total. The molecule has 3 heteroatoms. The molecule has 0 atom stereocenters. The highest BCUT2D eigenvalue weighted by Crippen LogP contribution is 2.20. The maximum absolute atomic E-state index is 11.3. The van der Waals surface area contributed by atoms with Crippen LogP contribution in [0.5, 0.6) is 0 Å². The Morgan fingerprint density at radius 3 is 2.65 bits per heavy atom. The third kappa shape index (κ3) is 2.45. The molecule has 0 aromatic heterocycles. The third-order valence-corrected chi connectivity index (χ3v) is 2.71. The molecule has 0 bridgehead atoms. The van der Waals surface area contributed by atoms with Crippen molar-refractivity contribution in [3.8, 4) is 0 Å². The Balaban J connectivity index is 2.53. The van der Waals surface area contributed by atoms with Crippen molar-refractivity contribution in [1.29, 1.82) is 0 Å². The first-order valence-corrected chi connectivity index (χ1v) is 5.54. The van der Waals surface area contributed by atoms with Crippen LogP contribution in [0.2, 0.25) is 0 Å². The van der Waals surface area contributed by atoms with Gasteiger partial charge in [-0.1, -0.05) is 24.3 Å². The Kier molecular flexibility index (Phi) is 3.11. The minimum absolute atomic E-state index is 0.379. The van der Waals surface area contributed by atoms with E-state index in [1.54, 1.807) is 6.07 Å². The second-order valence-electron chi connectivity index (χ2n) is 4.46. The van der Waals surface area contributed by atoms with Gasteiger partial charge in [0.05, 0.1) is 0 Å². The van der Waals surface area contributed by atoms with Crippen molar-refractivity contribution in [2.24, 2.45) is 5.73 Å². The number of carbonyl (C=O) groups excluding carboxylic acids is 1. The van der Waals surface area contributed by atoms with Crippen molar-refractivity contribution in [2.75, 3.05) is 14.1 Å². The second-order valence-corrected chi connectivity index (χ2v) is 4.46. The van der Waals surface area contributed by atoms with E-state index in [4.69, 9.17) is 5.73 Å². The lowest BCUT2D eigenvalue weighted by molar-refractivity contribution is 0.100. The summed E-state index contributed by atoms with van der Waals surface area (Å²) in [6.07, 6.45) is 0. The largest absolute Gasteiger partial charge is 0.366 e. The van der Waals surface area contributed by atoms with Crippen LogP contribution < -0.4 is 5.73 Å². The first kappa shape index (κ1) is 11.6. The number of primary amides is 1. The van der Waals surface area contributed by atoms with Crippen molar-refractivity contribution in [1.82, 2.24) is 4.90 Å². The number of nitrogens with zero attached hydrogens (tertiary/aromatic N) is 1. The molecule has 2 aromatic rings. The Labute approximate surface area is 101 Å². The van der Waals surface area contributed by atoms with Gasteiger partial charge in [-0.05, 0) is 42.6 Å². The zero-order chi connectivity index (χ0) is 12.4. The number of carbonyl (C=O) groups is 1. The van der Waals surface area contributed by atoms with Crippen LogP contribution >= 0.6 is 0 Å². The van der Waals surface area contributed by atoms with Gasteiger partial charge in [0.1, 0.15) is 0 Å². The van der Waals surface area contributed by atoms with E-state index >= 15 is 0 Å². The first-order chi connectivity index (χ1) is 8.08. The molecule has 0 aliphatic rings. The standard InChI is InChI=1S/C14H16N2O/c1-16(2)9-10-6-7-12-11(8-10)4-3-5-13(12)14(15)17/h3-8H,9H2,1-2H3,(H2,15,17). The molecule has 0 aliphatic carbocycles. The van der Waals surface area contributed by atoms with Gasteiger partial charge in [0, 0.05) is 12.1 Å². The van der Waals surface area contributed by atoms with Crippen molar-refractivity contribution >= 4 is 16.7 Å². The maximum atomic E-state index is 11.3. The summed E-state index contributed by atoms with van der Waals surface area (Å²) in [5.74, 6) is -0.379. The number of rotatable bonds is 3. The number of nitrogens with two attached hydrogens (primary N) is 1. The van der Waals surface area contributed by atoms with Crippen LogP contribution in [-0.4, -0.2) is 24.9 Å². The van der Waals surface area contributed by atoms with E-state index in [0.717, 1.165) is 17.3 Å².